The fraction of sp³-hybridized carbons (Fsp3) is 0.778. The molecule has 0 radical (unpaired) electrons. The van der Waals surface area contributed by atoms with Crippen molar-refractivity contribution in [2.75, 3.05) is 6.61 Å². The third-order valence-electron chi connectivity index (χ3n) is 5.10. The van der Waals surface area contributed by atoms with Crippen LogP contribution in [-0.4, -0.2) is 54.8 Å². The number of carbonyl (C=O) groups excluding carboxylic acids is 1. The number of amides is 1. The second kappa shape index (κ2) is 6.41. The molecular weight excluding hydrogens is 360 g/mol. The molecule has 1 aromatic rings. The van der Waals surface area contributed by atoms with Gasteiger partial charge in [-0.25, -0.2) is 4.79 Å². The summed E-state index contributed by atoms with van der Waals surface area (Å²) in [6.45, 7) is 6.23. The van der Waals surface area contributed by atoms with E-state index < -0.39 is 36.2 Å². The quantitative estimate of drug-likeness (QED) is 0.771. The highest BCUT2D eigenvalue weighted by molar-refractivity contribution is 5.69. The summed E-state index contributed by atoms with van der Waals surface area (Å²) in [6, 6.07) is -0.253. The highest BCUT2D eigenvalue weighted by atomic mass is 19.3. The van der Waals surface area contributed by atoms with Gasteiger partial charge in [-0.15, -0.1) is 0 Å². The summed E-state index contributed by atoms with van der Waals surface area (Å²) in [5.41, 5.74) is -1.79. The van der Waals surface area contributed by atoms with Crippen molar-refractivity contribution in [3.05, 3.63) is 17.0 Å². The zero-order chi connectivity index (χ0) is 20.2. The maximum absolute atomic E-state index is 14.9. The maximum atomic E-state index is 14.9. The van der Waals surface area contributed by atoms with E-state index >= 15 is 0 Å². The monoisotopic (exact) mass is 387 g/mol. The summed E-state index contributed by atoms with van der Waals surface area (Å²) >= 11 is 0. The van der Waals surface area contributed by atoms with Gasteiger partial charge in [0.2, 0.25) is 0 Å². The number of hydrogen-bond donors (Lipinski definition) is 2. The number of alkyl halides is 2. The molecule has 7 nitrogen and oxygen atoms in total. The van der Waals surface area contributed by atoms with Gasteiger partial charge in [-0.05, 0) is 34.1 Å². The van der Waals surface area contributed by atoms with E-state index in [1.165, 1.54) is 4.90 Å². The van der Waals surface area contributed by atoms with Crippen LogP contribution >= 0.6 is 0 Å². The first kappa shape index (κ1) is 20.0. The molecule has 1 aromatic heterocycles. The summed E-state index contributed by atoms with van der Waals surface area (Å²) in [6.07, 6.45) is -1.06. The van der Waals surface area contributed by atoms with Gasteiger partial charge in [0.15, 0.2) is 0 Å². The van der Waals surface area contributed by atoms with Gasteiger partial charge in [0, 0.05) is 24.4 Å². The predicted molar refractivity (Wildman–Crippen MR) is 92.3 cm³/mol. The minimum Gasteiger partial charge on any atom is -0.444 e. The molecular formula is C18H27F2N3O4. The first-order valence-corrected chi connectivity index (χ1v) is 9.15. The van der Waals surface area contributed by atoms with Gasteiger partial charge in [-0.3, -0.25) is 4.68 Å². The first-order valence-electron chi connectivity index (χ1n) is 9.15. The number of nitrogens with zero attached hydrogens (tertiary/aromatic N) is 3. The number of fused-ring (bicyclic) bond motifs is 3. The average Bonchev–Trinajstić information content (AvgIpc) is 2.83. The lowest BCUT2D eigenvalue weighted by molar-refractivity contribution is -0.0598. The number of carbonyl (C=O) groups is 1. The normalized spacial score (nSPS) is 27.6. The summed E-state index contributed by atoms with van der Waals surface area (Å²) in [5.74, 6) is -3.21. The SMILES string of the molecule is CC1Cc2nn3c(c2CN1C(=O)OC(C)(C)C)C(F)(F)CCC(O)(CO)C3. The Hall–Kier alpha value is -1.74. The number of hydrogen-bond acceptors (Lipinski definition) is 5. The van der Waals surface area contributed by atoms with E-state index in [4.69, 9.17) is 4.74 Å². The van der Waals surface area contributed by atoms with Gasteiger partial charge >= 0.3 is 6.09 Å². The molecule has 0 fully saturated rings. The van der Waals surface area contributed by atoms with Crippen molar-refractivity contribution in [2.24, 2.45) is 0 Å². The van der Waals surface area contributed by atoms with Gasteiger partial charge in [0.1, 0.15) is 16.9 Å². The molecule has 0 aliphatic carbocycles. The number of rotatable bonds is 1. The van der Waals surface area contributed by atoms with Crippen LogP contribution in [0.15, 0.2) is 0 Å². The third-order valence-corrected chi connectivity index (χ3v) is 5.10. The lowest BCUT2D eigenvalue weighted by Gasteiger charge is -2.35. The van der Waals surface area contributed by atoms with Crippen molar-refractivity contribution in [1.29, 1.82) is 0 Å². The molecule has 0 saturated heterocycles. The topological polar surface area (TPSA) is 87.8 Å². The third kappa shape index (κ3) is 3.80. The van der Waals surface area contributed by atoms with Crippen LogP contribution in [-0.2, 0) is 30.2 Å². The standard InChI is InChI=1S/C18H27F2N3O4/c1-11-7-13-12(8-22(11)15(25)27-16(2,3)4)14-18(19,20)6-5-17(26,10-24)9-23(14)21-13/h11,24,26H,5-10H2,1-4H3. The van der Waals surface area contributed by atoms with Gasteiger partial charge in [0.05, 0.1) is 25.4 Å². The second-order valence-electron chi connectivity index (χ2n) is 8.68. The Labute approximate surface area is 156 Å². The van der Waals surface area contributed by atoms with Gasteiger partial charge < -0.3 is 19.8 Å². The molecule has 2 aliphatic rings. The second-order valence-corrected chi connectivity index (χ2v) is 8.68. The van der Waals surface area contributed by atoms with E-state index in [-0.39, 0.29) is 31.2 Å². The predicted octanol–water partition coefficient (Wildman–Crippen LogP) is 2.17. The lowest BCUT2D eigenvalue weighted by atomic mass is 9.94. The van der Waals surface area contributed by atoms with E-state index in [2.05, 4.69) is 5.10 Å². The van der Waals surface area contributed by atoms with Gasteiger partial charge in [0.25, 0.3) is 5.92 Å². The van der Waals surface area contributed by atoms with Crippen LogP contribution in [0.3, 0.4) is 0 Å². The van der Waals surface area contributed by atoms with Crippen molar-refractivity contribution >= 4 is 6.09 Å². The largest absolute Gasteiger partial charge is 0.444 e. The first-order chi connectivity index (χ1) is 12.4. The van der Waals surface area contributed by atoms with Crippen LogP contribution in [0.1, 0.15) is 57.5 Å². The summed E-state index contributed by atoms with van der Waals surface area (Å²) in [5, 5.41) is 24.1. The zero-order valence-corrected chi connectivity index (χ0v) is 16.1. The van der Waals surface area contributed by atoms with Crippen LogP contribution in [0.5, 0.6) is 0 Å². The van der Waals surface area contributed by atoms with Gasteiger partial charge in [-0.1, -0.05) is 0 Å². The Morgan fingerprint density at radius 3 is 2.63 bits per heavy atom. The number of halogens is 2. The number of aliphatic hydroxyl groups is 2. The van der Waals surface area contributed by atoms with Crippen LogP contribution < -0.4 is 0 Å². The molecule has 152 valence electrons. The van der Waals surface area contributed by atoms with E-state index in [0.717, 1.165) is 4.68 Å². The van der Waals surface area contributed by atoms with E-state index in [0.29, 0.717) is 17.7 Å². The molecule has 0 spiro atoms. The molecule has 0 aromatic carbocycles. The zero-order valence-electron chi connectivity index (χ0n) is 16.1. The Morgan fingerprint density at radius 1 is 1.37 bits per heavy atom. The molecule has 0 bridgehead atoms. The fourth-order valence-electron chi connectivity index (χ4n) is 3.68. The van der Waals surface area contributed by atoms with Gasteiger partial charge in [-0.2, -0.15) is 13.9 Å². The van der Waals surface area contributed by atoms with Crippen molar-refractivity contribution in [3.8, 4) is 0 Å². The number of ether oxygens (including phenoxy) is 1. The highest BCUT2D eigenvalue weighted by Crippen LogP contribution is 2.43. The molecule has 2 unspecified atom stereocenters. The van der Waals surface area contributed by atoms with Crippen LogP contribution in [0.25, 0.3) is 0 Å². The van der Waals surface area contributed by atoms with Crippen molar-refractivity contribution in [2.45, 2.75) is 83.2 Å². The highest BCUT2D eigenvalue weighted by Gasteiger charge is 2.48. The maximum Gasteiger partial charge on any atom is 0.410 e. The summed E-state index contributed by atoms with van der Waals surface area (Å²) in [7, 11) is 0. The molecule has 2 atom stereocenters. The van der Waals surface area contributed by atoms with E-state index in [9.17, 15) is 23.8 Å². The molecule has 0 saturated carbocycles. The molecule has 1 amide bonds. The molecule has 3 rings (SSSR count). The van der Waals surface area contributed by atoms with Crippen molar-refractivity contribution in [3.63, 3.8) is 0 Å². The van der Waals surface area contributed by atoms with Crippen molar-refractivity contribution in [1.82, 2.24) is 14.7 Å². The number of aliphatic hydroxyl groups excluding tert-OH is 1. The van der Waals surface area contributed by atoms with Crippen LogP contribution in [0.2, 0.25) is 0 Å². The smallest absolute Gasteiger partial charge is 0.410 e. The molecule has 9 heteroatoms. The lowest BCUT2D eigenvalue weighted by Crippen LogP contribution is -2.45. The Morgan fingerprint density at radius 2 is 2.04 bits per heavy atom. The van der Waals surface area contributed by atoms with Crippen LogP contribution in [0, 0.1) is 0 Å². The Balaban J connectivity index is 1.98. The molecule has 2 aliphatic heterocycles. The van der Waals surface area contributed by atoms with E-state index in [1.807, 2.05) is 6.92 Å². The molecule has 27 heavy (non-hydrogen) atoms. The van der Waals surface area contributed by atoms with Crippen molar-refractivity contribution < 1.29 is 28.5 Å². The minimum absolute atomic E-state index is 0.0200. The Kier molecular flexibility index (Phi) is 4.75. The summed E-state index contributed by atoms with van der Waals surface area (Å²) in [4.78, 5) is 14.0. The minimum atomic E-state index is -3.21. The van der Waals surface area contributed by atoms with Crippen LogP contribution in [0.4, 0.5) is 13.6 Å². The number of aromatic nitrogens is 2. The fourth-order valence-corrected chi connectivity index (χ4v) is 3.68. The molecule has 2 N–H and O–H groups in total. The Bertz CT molecular complexity index is 744. The summed E-state index contributed by atoms with van der Waals surface area (Å²) < 4.78 is 36.3. The molecule has 3 heterocycles. The van der Waals surface area contributed by atoms with E-state index in [1.54, 1.807) is 20.8 Å². The average molecular weight is 387 g/mol.